The normalized spacial score (nSPS) is 18.8. The fourth-order valence-electron chi connectivity index (χ4n) is 2.67. The molecule has 1 aromatic carbocycles. The van der Waals surface area contributed by atoms with Crippen LogP contribution in [0.25, 0.3) is 0 Å². The quantitative estimate of drug-likeness (QED) is 0.909. The van der Waals surface area contributed by atoms with E-state index < -0.39 is 0 Å². The van der Waals surface area contributed by atoms with E-state index in [1.165, 1.54) is 6.07 Å². The molecule has 1 aliphatic heterocycles. The predicted octanol–water partition coefficient (Wildman–Crippen LogP) is 3.04. The first kappa shape index (κ1) is 13.8. The summed E-state index contributed by atoms with van der Waals surface area (Å²) in [5, 5.41) is 3.74. The SMILES string of the molecule is CNCC1(Cc2c(F)cccc2Cl)CCOCC1. The summed E-state index contributed by atoms with van der Waals surface area (Å²) >= 11 is 6.12. The molecule has 1 fully saturated rings. The molecule has 0 unspecified atom stereocenters. The van der Waals surface area contributed by atoms with Crippen molar-refractivity contribution in [3.05, 3.63) is 34.6 Å². The predicted molar refractivity (Wildman–Crippen MR) is 71.5 cm³/mol. The molecule has 0 aromatic heterocycles. The van der Waals surface area contributed by atoms with Crippen molar-refractivity contribution in [1.29, 1.82) is 0 Å². The largest absolute Gasteiger partial charge is 0.381 e. The molecule has 4 heteroatoms. The Morgan fingerprint density at radius 3 is 2.72 bits per heavy atom. The molecule has 0 spiro atoms. The van der Waals surface area contributed by atoms with E-state index in [2.05, 4.69) is 5.32 Å². The van der Waals surface area contributed by atoms with Gasteiger partial charge in [-0.15, -0.1) is 0 Å². The Kier molecular flexibility index (Phi) is 4.60. The molecule has 1 aliphatic rings. The lowest BCUT2D eigenvalue weighted by atomic mass is 9.75. The van der Waals surface area contributed by atoms with Gasteiger partial charge >= 0.3 is 0 Å². The summed E-state index contributed by atoms with van der Waals surface area (Å²) in [4.78, 5) is 0. The first-order valence-corrected chi connectivity index (χ1v) is 6.70. The molecule has 0 aliphatic carbocycles. The van der Waals surface area contributed by atoms with Crippen LogP contribution in [0.3, 0.4) is 0 Å². The van der Waals surface area contributed by atoms with Crippen LogP contribution in [-0.2, 0) is 11.2 Å². The first-order chi connectivity index (χ1) is 8.67. The monoisotopic (exact) mass is 271 g/mol. The highest BCUT2D eigenvalue weighted by atomic mass is 35.5. The van der Waals surface area contributed by atoms with Crippen LogP contribution in [0.1, 0.15) is 18.4 Å². The molecule has 18 heavy (non-hydrogen) atoms. The van der Waals surface area contributed by atoms with E-state index >= 15 is 0 Å². The van der Waals surface area contributed by atoms with Gasteiger partial charge in [-0.25, -0.2) is 4.39 Å². The Hall–Kier alpha value is -0.640. The number of hydrogen-bond donors (Lipinski definition) is 1. The van der Waals surface area contributed by atoms with Gasteiger partial charge < -0.3 is 10.1 Å². The van der Waals surface area contributed by atoms with Gasteiger partial charge in [0.2, 0.25) is 0 Å². The van der Waals surface area contributed by atoms with E-state index in [0.29, 0.717) is 17.0 Å². The van der Waals surface area contributed by atoms with Crippen molar-refractivity contribution in [3.63, 3.8) is 0 Å². The molecular weight excluding hydrogens is 253 g/mol. The molecule has 0 saturated carbocycles. The topological polar surface area (TPSA) is 21.3 Å². The van der Waals surface area contributed by atoms with E-state index in [1.54, 1.807) is 12.1 Å². The smallest absolute Gasteiger partial charge is 0.127 e. The lowest BCUT2D eigenvalue weighted by molar-refractivity contribution is 0.0154. The van der Waals surface area contributed by atoms with Gasteiger partial charge in [0.25, 0.3) is 0 Å². The average molecular weight is 272 g/mol. The molecule has 2 nitrogen and oxygen atoms in total. The van der Waals surface area contributed by atoms with E-state index in [0.717, 1.165) is 32.6 Å². The zero-order valence-corrected chi connectivity index (χ0v) is 11.4. The Labute approximate surface area is 112 Å². The van der Waals surface area contributed by atoms with Gasteiger partial charge in [0.1, 0.15) is 5.82 Å². The third-order valence-corrected chi connectivity index (χ3v) is 4.07. The standard InChI is InChI=1S/C14H19ClFNO/c1-17-10-14(5-7-18-8-6-14)9-11-12(15)3-2-4-13(11)16/h2-4,17H,5-10H2,1H3. The van der Waals surface area contributed by atoms with Gasteiger partial charge in [-0.3, -0.25) is 0 Å². The maximum Gasteiger partial charge on any atom is 0.127 e. The molecule has 0 atom stereocenters. The first-order valence-electron chi connectivity index (χ1n) is 6.32. The maximum absolute atomic E-state index is 13.9. The Bertz CT molecular complexity index is 379. The van der Waals surface area contributed by atoms with E-state index in [9.17, 15) is 4.39 Å². The fourth-order valence-corrected chi connectivity index (χ4v) is 2.90. The van der Waals surface area contributed by atoms with Crippen LogP contribution >= 0.6 is 11.6 Å². The highest BCUT2D eigenvalue weighted by Crippen LogP contribution is 2.36. The van der Waals surface area contributed by atoms with Gasteiger partial charge in [0, 0.05) is 30.3 Å². The number of nitrogens with one attached hydrogen (secondary N) is 1. The van der Waals surface area contributed by atoms with E-state index in [4.69, 9.17) is 16.3 Å². The number of hydrogen-bond acceptors (Lipinski definition) is 2. The van der Waals surface area contributed by atoms with Crippen molar-refractivity contribution in [2.45, 2.75) is 19.3 Å². The molecule has 1 saturated heterocycles. The Balaban J connectivity index is 2.23. The zero-order valence-electron chi connectivity index (χ0n) is 10.6. The second kappa shape index (κ2) is 6.00. The summed E-state index contributed by atoms with van der Waals surface area (Å²) in [6, 6.07) is 4.88. The minimum atomic E-state index is -0.204. The van der Waals surface area contributed by atoms with Crippen LogP contribution in [0.2, 0.25) is 5.02 Å². The van der Waals surface area contributed by atoms with Crippen molar-refractivity contribution < 1.29 is 9.13 Å². The summed E-state index contributed by atoms with van der Waals surface area (Å²) < 4.78 is 19.3. The molecule has 0 radical (unpaired) electrons. The molecule has 2 rings (SSSR count). The summed E-state index contributed by atoms with van der Waals surface area (Å²) in [5.74, 6) is -0.204. The second-order valence-corrected chi connectivity index (χ2v) is 5.43. The van der Waals surface area contributed by atoms with Crippen molar-refractivity contribution in [2.24, 2.45) is 5.41 Å². The molecular formula is C14H19ClFNO. The van der Waals surface area contributed by atoms with Crippen molar-refractivity contribution in [3.8, 4) is 0 Å². The summed E-state index contributed by atoms with van der Waals surface area (Å²) in [6.45, 7) is 2.35. The zero-order chi connectivity index (χ0) is 13.0. The fraction of sp³-hybridized carbons (Fsp3) is 0.571. The highest BCUT2D eigenvalue weighted by molar-refractivity contribution is 6.31. The van der Waals surface area contributed by atoms with Crippen LogP contribution in [0.15, 0.2) is 18.2 Å². The third-order valence-electron chi connectivity index (χ3n) is 3.72. The molecule has 0 bridgehead atoms. The van der Waals surface area contributed by atoms with E-state index in [-0.39, 0.29) is 11.2 Å². The Morgan fingerprint density at radius 1 is 1.39 bits per heavy atom. The number of halogens is 2. The Morgan fingerprint density at radius 2 is 2.11 bits per heavy atom. The van der Waals surface area contributed by atoms with Gasteiger partial charge in [0.05, 0.1) is 0 Å². The van der Waals surface area contributed by atoms with Crippen LogP contribution in [0, 0.1) is 11.2 Å². The number of ether oxygens (including phenoxy) is 1. The minimum Gasteiger partial charge on any atom is -0.381 e. The van der Waals surface area contributed by atoms with Crippen LogP contribution in [-0.4, -0.2) is 26.8 Å². The van der Waals surface area contributed by atoms with Crippen LogP contribution in [0.4, 0.5) is 4.39 Å². The second-order valence-electron chi connectivity index (χ2n) is 5.02. The minimum absolute atomic E-state index is 0.0544. The summed E-state index contributed by atoms with van der Waals surface area (Å²) in [7, 11) is 1.93. The molecule has 1 aromatic rings. The third kappa shape index (κ3) is 3.02. The van der Waals surface area contributed by atoms with Crippen molar-refractivity contribution in [2.75, 3.05) is 26.8 Å². The number of benzene rings is 1. The maximum atomic E-state index is 13.9. The lowest BCUT2D eigenvalue weighted by Crippen LogP contribution is -2.40. The van der Waals surface area contributed by atoms with Gasteiger partial charge in [0.15, 0.2) is 0 Å². The van der Waals surface area contributed by atoms with Crippen LogP contribution < -0.4 is 5.32 Å². The van der Waals surface area contributed by atoms with Crippen molar-refractivity contribution in [1.82, 2.24) is 5.32 Å². The summed E-state index contributed by atoms with van der Waals surface area (Å²) in [6.07, 6.45) is 2.56. The molecule has 1 heterocycles. The average Bonchev–Trinajstić information content (AvgIpc) is 2.36. The van der Waals surface area contributed by atoms with Crippen LogP contribution in [0.5, 0.6) is 0 Å². The van der Waals surface area contributed by atoms with E-state index in [1.807, 2.05) is 7.05 Å². The molecule has 0 amide bonds. The summed E-state index contributed by atoms with van der Waals surface area (Å²) in [5.41, 5.74) is 0.690. The van der Waals surface area contributed by atoms with Gasteiger partial charge in [-0.1, -0.05) is 17.7 Å². The van der Waals surface area contributed by atoms with Crippen molar-refractivity contribution >= 4 is 11.6 Å². The van der Waals surface area contributed by atoms with Gasteiger partial charge in [-0.2, -0.15) is 0 Å². The lowest BCUT2D eigenvalue weighted by Gasteiger charge is -2.37. The highest BCUT2D eigenvalue weighted by Gasteiger charge is 2.33. The number of rotatable bonds is 4. The molecule has 1 N–H and O–H groups in total. The van der Waals surface area contributed by atoms with Gasteiger partial charge in [-0.05, 0) is 43.9 Å². The molecule has 100 valence electrons.